The molecule has 1 heterocycles. The fraction of sp³-hybridized carbons (Fsp3) is 0.182. The van der Waals surface area contributed by atoms with Gasteiger partial charge in [-0.25, -0.2) is 4.39 Å². The number of hydrogen-bond donors (Lipinski definition) is 1. The summed E-state index contributed by atoms with van der Waals surface area (Å²) in [4.78, 5) is 11.5. The number of nitrogens with zero attached hydrogens (tertiary/aromatic N) is 3. The van der Waals surface area contributed by atoms with E-state index in [2.05, 4.69) is 30.9 Å². The third-order valence-corrected chi connectivity index (χ3v) is 2.59. The van der Waals surface area contributed by atoms with Crippen LogP contribution in [-0.4, -0.2) is 21.6 Å². The molecule has 0 radical (unpaired) electrons. The minimum atomic E-state index is -0.391. The number of ether oxygens (including phenoxy) is 2. The number of rotatable bonds is 4. The van der Waals surface area contributed by atoms with E-state index in [1.807, 2.05) is 0 Å². The Balaban J connectivity index is 2.24. The molecule has 0 atom stereocenters. The number of halogens is 2. The highest BCUT2D eigenvalue weighted by Crippen LogP contribution is 2.25. The van der Waals surface area contributed by atoms with Crippen LogP contribution in [-0.2, 0) is 0 Å². The summed E-state index contributed by atoms with van der Waals surface area (Å²) in [5.41, 5.74) is 5.51. The molecule has 2 aromatic rings. The van der Waals surface area contributed by atoms with Gasteiger partial charge < -0.3 is 15.2 Å². The Morgan fingerprint density at radius 1 is 1.26 bits per heavy atom. The SMILES string of the molecule is CCOc1nc(N)nc(Oc2ccc(F)c(Br)c2)n1. The van der Waals surface area contributed by atoms with Crippen LogP contribution < -0.4 is 15.2 Å². The molecule has 0 saturated carbocycles. The van der Waals surface area contributed by atoms with E-state index in [0.29, 0.717) is 12.4 Å². The molecule has 0 aliphatic rings. The number of hydrogen-bond acceptors (Lipinski definition) is 6. The largest absolute Gasteiger partial charge is 0.464 e. The van der Waals surface area contributed by atoms with E-state index in [-0.39, 0.29) is 22.4 Å². The van der Waals surface area contributed by atoms with Crippen LogP contribution in [0.1, 0.15) is 6.92 Å². The predicted octanol–water partition coefficient (Wildman–Crippen LogP) is 2.55. The number of nitrogen functional groups attached to an aromatic ring is 1. The quantitative estimate of drug-likeness (QED) is 0.928. The minimum Gasteiger partial charge on any atom is -0.464 e. The molecule has 0 fully saturated rings. The second kappa shape index (κ2) is 5.79. The first-order valence-corrected chi connectivity index (χ1v) is 6.15. The predicted molar refractivity (Wildman–Crippen MR) is 69.6 cm³/mol. The van der Waals surface area contributed by atoms with Crippen molar-refractivity contribution in [2.75, 3.05) is 12.3 Å². The van der Waals surface area contributed by atoms with Crippen LogP contribution in [0, 0.1) is 5.82 Å². The zero-order chi connectivity index (χ0) is 13.8. The van der Waals surface area contributed by atoms with Gasteiger partial charge in [-0.3, -0.25) is 0 Å². The van der Waals surface area contributed by atoms with Crippen molar-refractivity contribution in [2.45, 2.75) is 6.92 Å². The molecule has 0 unspecified atom stereocenters. The Labute approximate surface area is 116 Å². The first-order valence-electron chi connectivity index (χ1n) is 5.35. The van der Waals surface area contributed by atoms with Gasteiger partial charge in [0.25, 0.3) is 0 Å². The van der Waals surface area contributed by atoms with Gasteiger partial charge in [-0.1, -0.05) is 0 Å². The van der Waals surface area contributed by atoms with Crippen molar-refractivity contribution in [3.63, 3.8) is 0 Å². The van der Waals surface area contributed by atoms with Crippen molar-refractivity contribution in [1.29, 1.82) is 0 Å². The molecule has 0 spiro atoms. The van der Waals surface area contributed by atoms with E-state index in [1.165, 1.54) is 18.2 Å². The Kier molecular flexibility index (Phi) is 4.10. The van der Waals surface area contributed by atoms with Crippen LogP contribution >= 0.6 is 15.9 Å². The van der Waals surface area contributed by atoms with Crippen molar-refractivity contribution in [1.82, 2.24) is 15.0 Å². The fourth-order valence-corrected chi connectivity index (χ4v) is 1.60. The molecule has 0 aliphatic carbocycles. The van der Waals surface area contributed by atoms with Crippen molar-refractivity contribution < 1.29 is 13.9 Å². The lowest BCUT2D eigenvalue weighted by Crippen LogP contribution is -2.04. The zero-order valence-corrected chi connectivity index (χ0v) is 11.5. The topological polar surface area (TPSA) is 83.2 Å². The molecule has 0 saturated heterocycles. The summed E-state index contributed by atoms with van der Waals surface area (Å²) < 4.78 is 23.8. The second-order valence-corrected chi connectivity index (χ2v) is 4.22. The first-order chi connectivity index (χ1) is 9.08. The molecule has 1 aromatic carbocycles. The summed E-state index contributed by atoms with van der Waals surface area (Å²) >= 11 is 3.06. The highest BCUT2D eigenvalue weighted by molar-refractivity contribution is 9.10. The summed E-state index contributed by atoms with van der Waals surface area (Å²) in [6.07, 6.45) is 0. The first kappa shape index (κ1) is 13.5. The van der Waals surface area contributed by atoms with E-state index in [1.54, 1.807) is 6.92 Å². The number of benzene rings is 1. The summed E-state index contributed by atoms with van der Waals surface area (Å²) in [7, 11) is 0. The van der Waals surface area contributed by atoms with Gasteiger partial charge in [0.05, 0.1) is 11.1 Å². The normalized spacial score (nSPS) is 10.3. The molecule has 1 aromatic heterocycles. The van der Waals surface area contributed by atoms with E-state index in [0.717, 1.165) is 0 Å². The Morgan fingerprint density at radius 2 is 2.00 bits per heavy atom. The number of anilines is 1. The number of nitrogens with two attached hydrogens (primary N) is 1. The van der Waals surface area contributed by atoms with E-state index >= 15 is 0 Å². The molecule has 0 bridgehead atoms. The van der Waals surface area contributed by atoms with Crippen LogP contribution in [0.5, 0.6) is 17.8 Å². The van der Waals surface area contributed by atoms with Crippen LogP contribution in [0.25, 0.3) is 0 Å². The monoisotopic (exact) mass is 328 g/mol. The Hall–Kier alpha value is -1.96. The summed E-state index contributed by atoms with van der Waals surface area (Å²) in [5, 5.41) is 0. The molecule has 0 aliphatic heterocycles. The molecule has 2 N–H and O–H groups in total. The zero-order valence-electron chi connectivity index (χ0n) is 9.93. The van der Waals surface area contributed by atoms with Gasteiger partial charge in [0, 0.05) is 0 Å². The molecule has 100 valence electrons. The average molecular weight is 329 g/mol. The minimum absolute atomic E-state index is 0.0189. The molecule has 8 heteroatoms. The maximum absolute atomic E-state index is 13.1. The lowest BCUT2D eigenvalue weighted by atomic mass is 10.3. The standard InChI is InChI=1S/C11H10BrFN4O2/c1-2-18-10-15-9(14)16-11(17-10)19-6-3-4-8(13)7(12)5-6/h3-5H,2H2,1H3,(H2,14,15,16,17). The van der Waals surface area contributed by atoms with Crippen LogP contribution in [0.15, 0.2) is 22.7 Å². The van der Waals surface area contributed by atoms with Crippen LogP contribution in [0.4, 0.5) is 10.3 Å². The van der Waals surface area contributed by atoms with Crippen molar-refractivity contribution >= 4 is 21.9 Å². The smallest absolute Gasteiger partial charge is 0.330 e. The van der Waals surface area contributed by atoms with Crippen LogP contribution in [0.2, 0.25) is 0 Å². The Morgan fingerprint density at radius 3 is 2.68 bits per heavy atom. The second-order valence-electron chi connectivity index (χ2n) is 3.37. The highest BCUT2D eigenvalue weighted by Gasteiger charge is 2.08. The number of aromatic nitrogens is 3. The third kappa shape index (κ3) is 3.50. The van der Waals surface area contributed by atoms with Gasteiger partial charge in [-0.15, -0.1) is 4.98 Å². The lowest BCUT2D eigenvalue weighted by molar-refractivity contribution is 0.304. The van der Waals surface area contributed by atoms with E-state index < -0.39 is 5.82 Å². The van der Waals surface area contributed by atoms with Crippen LogP contribution in [0.3, 0.4) is 0 Å². The van der Waals surface area contributed by atoms with Gasteiger partial charge in [-0.05, 0) is 41.1 Å². The molecule has 6 nitrogen and oxygen atoms in total. The molecular weight excluding hydrogens is 319 g/mol. The fourth-order valence-electron chi connectivity index (χ4n) is 1.24. The van der Waals surface area contributed by atoms with Crippen molar-refractivity contribution in [2.24, 2.45) is 0 Å². The maximum Gasteiger partial charge on any atom is 0.330 e. The average Bonchev–Trinajstić information content (AvgIpc) is 2.33. The summed E-state index contributed by atoms with van der Waals surface area (Å²) in [6.45, 7) is 2.18. The maximum atomic E-state index is 13.1. The highest BCUT2D eigenvalue weighted by atomic mass is 79.9. The van der Waals surface area contributed by atoms with Crippen molar-refractivity contribution in [3.8, 4) is 17.8 Å². The third-order valence-electron chi connectivity index (χ3n) is 1.99. The summed E-state index contributed by atoms with van der Waals surface area (Å²) in [5.74, 6) is -0.0477. The van der Waals surface area contributed by atoms with Gasteiger partial charge >= 0.3 is 12.0 Å². The van der Waals surface area contributed by atoms with Gasteiger partial charge in [0.1, 0.15) is 11.6 Å². The molecule has 2 rings (SSSR count). The summed E-state index contributed by atoms with van der Waals surface area (Å²) in [6, 6.07) is 4.21. The molecule has 0 amide bonds. The Bertz CT molecular complexity index is 597. The lowest BCUT2D eigenvalue weighted by Gasteiger charge is -2.06. The van der Waals surface area contributed by atoms with Gasteiger partial charge in [-0.2, -0.15) is 9.97 Å². The van der Waals surface area contributed by atoms with Gasteiger partial charge in [0.15, 0.2) is 0 Å². The molecular formula is C11H10BrFN4O2. The van der Waals surface area contributed by atoms with Gasteiger partial charge in [0.2, 0.25) is 5.95 Å². The van der Waals surface area contributed by atoms with E-state index in [4.69, 9.17) is 15.2 Å². The van der Waals surface area contributed by atoms with E-state index in [9.17, 15) is 4.39 Å². The van der Waals surface area contributed by atoms with Crippen molar-refractivity contribution in [3.05, 3.63) is 28.5 Å². The molecule has 19 heavy (non-hydrogen) atoms.